The highest BCUT2D eigenvalue weighted by Crippen LogP contribution is 2.29. The molecular formula is C24H23N5OS. The zero-order valence-electron chi connectivity index (χ0n) is 17.3. The number of nitrogens with zero attached hydrogens (tertiary/aromatic N) is 4. The van der Waals surface area contributed by atoms with Crippen LogP contribution in [0.1, 0.15) is 40.6 Å². The van der Waals surface area contributed by atoms with Gasteiger partial charge in [0.05, 0.1) is 5.69 Å². The standard InChI is InChI=1S/C24H23N5OS/c1-16-15-31-24(26-16)28-21-8-4-7-20(27-21)18-10-13-29(14-11-18)23(30)22-19-6-3-2-5-17(19)9-12-25-22/h2-9,12,15,18H,10-11,13-14H2,1H3,(H,26,27,28). The van der Waals surface area contributed by atoms with E-state index in [1.165, 1.54) is 0 Å². The molecule has 1 aromatic carbocycles. The highest BCUT2D eigenvalue weighted by molar-refractivity contribution is 7.13. The summed E-state index contributed by atoms with van der Waals surface area (Å²) in [5.74, 6) is 1.16. The lowest BCUT2D eigenvalue weighted by Crippen LogP contribution is -2.38. The van der Waals surface area contributed by atoms with Crippen LogP contribution in [-0.2, 0) is 0 Å². The van der Waals surface area contributed by atoms with Crippen molar-refractivity contribution < 1.29 is 4.79 Å². The number of pyridine rings is 2. The van der Waals surface area contributed by atoms with Crippen molar-refractivity contribution in [2.45, 2.75) is 25.7 Å². The Balaban J connectivity index is 1.27. The molecule has 1 aliphatic rings. The molecule has 0 bridgehead atoms. The van der Waals surface area contributed by atoms with Crippen LogP contribution >= 0.6 is 11.3 Å². The first-order valence-corrected chi connectivity index (χ1v) is 11.3. The van der Waals surface area contributed by atoms with Gasteiger partial charge in [-0.2, -0.15) is 0 Å². The lowest BCUT2D eigenvalue weighted by Gasteiger charge is -2.31. The van der Waals surface area contributed by atoms with E-state index in [1.807, 2.05) is 59.7 Å². The first kappa shape index (κ1) is 19.6. The molecule has 0 radical (unpaired) electrons. The Morgan fingerprint density at radius 2 is 1.90 bits per heavy atom. The number of fused-ring (bicyclic) bond motifs is 1. The Morgan fingerprint density at radius 1 is 1.06 bits per heavy atom. The highest BCUT2D eigenvalue weighted by Gasteiger charge is 2.27. The summed E-state index contributed by atoms with van der Waals surface area (Å²) in [4.78, 5) is 28.7. The average Bonchev–Trinajstić information content (AvgIpc) is 3.23. The van der Waals surface area contributed by atoms with Crippen LogP contribution in [0, 0.1) is 6.92 Å². The quantitative estimate of drug-likeness (QED) is 0.485. The van der Waals surface area contributed by atoms with Crippen molar-refractivity contribution in [1.82, 2.24) is 19.9 Å². The molecule has 156 valence electrons. The first-order valence-electron chi connectivity index (χ1n) is 10.5. The van der Waals surface area contributed by atoms with E-state index in [2.05, 4.69) is 21.4 Å². The van der Waals surface area contributed by atoms with Gasteiger partial charge in [-0.25, -0.2) is 9.97 Å². The van der Waals surface area contributed by atoms with E-state index in [1.54, 1.807) is 17.5 Å². The number of hydrogen-bond donors (Lipinski definition) is 1. The summed E-state index contributed by atoms with van der Waals surface area (Å²) in [7, 11) is 0. The van der Waals surface area contributed by atoms with Crippen molar-refractivity contribution in [2.24, 2.45) is 0 Å². The summed E-state index contributed by atoms with van der Waals surface area (Å²) in [6, 6.07) is 15.9. The zero-order chi connectivity index (χ0) is 21.2. The Labute approximate surface area is 185 Å². The Bertz CT molecular complexity index is 1220. The van der Waals surface area contributed by atoms with Crippen molar-refractivity contribution in [3.63, 3.8) is 0 Å². The molecule has 1 aliphatic heterocycles. The number of piperidine rings is 1. The third-order valence-corrected chi connectivity index (χ3v) is 6.58. The van der Waals surface area contributed by atoms with E-state index < -0.39 is 0 Å². The predicted octanol–water partition coefficient (Wildman–Crippen LogP) is 5.16. The third-order valence-electron chi connectivity index (χ3n) is 5.70. The smallest absolute Gasteiger partial charge is 0.273 e. The van der Waals surface area contributed by atoms with E-state index in [-0.39, 0.29) is 5.91 Å². The van der Waals surface area contributed by atoms with Gasteiger partial charge in [0.15, 0.2) is 5.13 Å². The minimum absolute atomic E-state index is 0.0118. The molecule has 0 unspecified atom stereocenters. The summed E-state index contributed by atoms with van der Waals surface area (Å²) in [5.41, 5.74) is 2.61. The van der Waals surface area contributed by atoms with Crippen LogP contribution in [0.3, 0.4) is 0 Å². The van der Waals surface area contributed by atoms with E-state index in [0.717, 1.165) is 46.0 Å². The van der Waals surface area contributed by atoms with Crippen LogP contribution in [0.25, 0.3) is 10.8 Å². The number of thiazole rings is 1. The number of aryl methyl sites for hydroxylation is 1. The molecule has 0 atom stereocenters. The number of carbonyl (C=O) groups is 1. The number of aromatic nitrogens is 3. The van der Waals surface area contributed by atoms with Gasteiger partial charge in [0.25, 0.3) is 5.91 Å². The number of amides is 1. The first-order chi connectivity index (χ1) is 15.2. The maximum Gasteiger partial charge on any atom is 0.273 e. The molecule has 0 spiro atoms. The van der Waals surface area contributed by atoms with Gasteiger partial charge in [0, 0.05) is 41.7 Å². The summed E-state index contributed by atoms with van der Waals surface area (Å²) >= 11 is 1.58. The van der Waals surface area contributed by atoms with Gasteiger partial charge in [0.1, 0.15) is 11.5 Å². The molecule has 5 rings (SSSR count). The Morgan fingerprint density at radius 3 is 2.71 bits per heavy atom. The van der Waals surface area contributed by atoms with Crippen molar-refractivity contribution >= 4 is 39.0 Å². The fourth-order valence-electron chi connectivity index (χ4n) is 4.09. The van der Waals surface area contributed by atoms with Gasteiger partial charge in [-0.15, -0.1) is 11.3 Å². The lowest BCUT2D eigenvalue weighted by molar-refractivity contribution is 0.0708. The molecule has 1 amide bonds. The van der Waals surface area contributed by atoms with Crippen LogP contribution in [0.15, 0.2) is 60.1 Å². The summed E-state index contributed by atoms with van der Waals surface area (Å²) in [6.45, 7) is 3.40. The topological polar surface area (TPSA) is 71.0 Å². The van der Waals surface area contributed by atoms with Gasteiger partial charge in [-0.1, -0.05) is 30.3 Å². The lowest BCUT2D eigenvalue weighted by atomic mass is 9.92. The normalized spacial score (nSPS) is 14.7. The fraction of sp³-hybridized carbons (Fsp3) is 0.250. The molecular weight excluding hydrogens is 406 g/mol. The molecule has 3 aromatic heterocycles. The van der Waals surface area contributed by atoms with E-state index in [0.29, 0.717) is 24.7 Å². The number of likely N-dealkylation sites (tertiary alicyclic amines) is 1. The number of hydrogen-bond acceptors (Lipinski definition) is 6. The molecule has 31 heavy (non-hydrogen) atoms. The molecule has 1 N–H and O–H groups in total. The molecule has 7 heteroatoms. The minimum atomic E-state index is 0.0118. The fourth-order valence-corrected chi connectivity index (χ4v) is 4.78. The van der Waals surface area contributed by atoms with Crippen LogP contribution in [0.4, 0.5) is 10.9 Å². The van der Waals surface area contributed by atoms with Crippen LogP contribution < -0.4 is 5.32 Å². The van der Waals surface area contributed by atoms with Crippen LogP contribution in [0.5, 0.6) is 0 Å². The zero-order valence-corrected chi connectivity index (χ0v) is 18.1. The second-order valence-corrected chi connectivity index (χ2v) is 8.67. The second kappa shape index (κ2) is 8.43. The Hall–Kier alpha value is -3.32. The number of carbonyl (C=O) groups excluding carboxylic acids is 1. The van der Waals surface area contributed by atoms with Gasteiger partial charge in [-0.3, -0.25) is 9.78 Å². The number of rotatable bonds is 4. The van der Waals surface area contributed by atoms with Crippen LogP contribution in [0.2, 0.25) is 0 Å². The molecule has 4 aromatic rings. The molecule has 1 saturated heterocycles. The molecule has 0 saturated carbocycles. The maximum absolute atomic E-state index is 13.1. The average molecular weight is 430 g/mol. The number of benzene rings is 1. The predicted molar refractivity (Wildman–Crippen MR) is 124 cm³/mol. The summed E-state index contributed by atoms with van der Waals surface area (Å²) < 4.78 is 0. The third kappa shape index (κ3) is 4.14. The van der Waals surface area contributed by atoms with E-state index >= 15 is 0 Å². The monoisotopic (exact) mass is 429 g/mol. The van der Waals surface area contributed by atoms with E-state index in [9.17, 15) is 4.79 Å². The minimum Gasteiger partial charge on any atom is -0.337 e. The SMILES string of the molecule is Cc1csc(Nc2cccc(C3CCN(C(=O)c4nccc5ccccc45)CC3)n2)n1. The summed E-state index contributed by atoms with van der Waals surface area (Å²) in [6.07, 6.45) is 3.50. The maximum atomic E-state index is 13.1. The molecule has 4 heterocycles. The van der Waals surface area contributed by atoms with Crippen molar-refractivity contribution in [2.75, 3.05) is 18.4 Å². The van der Waals surface area contributed by atoms with Crippen molar-refractivity contribution in [1.29, 1.82) is 0 Å². The number of nitrogens with one attached hydrogen (secondary N) is 1. The van der Waals surface area contributed by atoms with Gasteiger partial charge in [-0.05, 0) is 43.4 Å². The highest BCUT2D eigenvalue weighted by atomic mass is 32.1. The molecule has 6 nitrogen and oxygen atoms in total. The van der Waals surface area contributed by atoms with Crippen molar-refractivity contribution in [3.05, 3.63) is 77.2 Å². The Kier molecular flexibility index (Phi) is 5.34. The molecule has 1 fully saturated rings. The molecule has 0 aliphatic carbocycles. The largest absolute Gasteiger partial charge is 0.337 e. The van der Waals surface area contributed by atoms with Crippen molar-refractivity contribution in [3.8, 4) is 0 Å². The van der Waals surface area contributed by atoms with E-state index in [4.69, 9.17) is 4.98 Å². The van der Waals surface area contributed by atoms with Gasteiger partial charge < -0.3 is 10.2 Å². The summed E-state index contributed by atoms with van der Waals surface area (Å²) in [5, 5.41) is 8.12. The van der Waals surface area contributed by atoms with Gasteiger partial charge in [0.2, 0.25) is 0 Å². The van der Waals surface area contributed by atoms with Crippen LogP contribution in [-0.4, -0.2) is 38.8 Å². The van der Waals surface area contributed by atoms with Gasteiger partial charge >= 0.3 is 0 Å². The second-order valence-electron chi connectivity index (χ2n) is 7.81. The number of anilines is 2.